The number of aromatic nitrogens is 1. The molecule has 1 N–H and O–H groups in total. The summed E-state index contributed by atoms with van der Waals surface area (Å²) in [4.78, 5) is 9.75. The number of hydrogen-bond donors (Lipinski definition) is 1. The van der Waals surface area contributed by atoms with Crippen LogP contribution in [0, 0.1) is 0 Å². The van der Waals surface area contributed by atoms with Crippen LogP contribution >= 0.6 is 11.6 Å². The van der Waals surface area contributed by atoms with Crippen LogP contribution in [0.25, 0.3) is 22.0 Å². The standard InChI is InChI=1S/C23H18ClN3O4S/c1-14-12-21(31-26-14)20-8-9-22(30-20)32(28,29)27-16-6-7-19(24)18(13-16)23-17-5-3-2-4-15(17)10-11-25-23/h2-11,13,21,27H,12H2,1H3. The molecule has 0 fully saturated rings. The summed E-state index contributed by atoms with van der Waals surface area (Å²) in [5.74, 6) is 0.405. The maximum absolute atomic E-state index is 12.9. The lowest BCUT2D eigenvalue weighted by molar-refractivity contribution is 0.0659. The second-order valence-electron chi connectivity index (χ2n) is 7.46. The monoisotopic (exact) mass is 467 g/mol. The summed E-state index contributed by atoms with van der Waals surface area (Å²) in [6.45, 7) is 1.84. The number of rotatable bonds is 5. The van der Waals surface area contributed by atoms with E-state index < -0.39 is 16.1 Å². The smallest absolute Gasteiger partial charge is 0.295 e. The molecular formula is C23H18ClN3O4S. The van der Waals surface area contributed by atoms with Crippen molar-refractivity contribution in [2.24, 2.45) is 5.16 Å². The highest BCUT2D eigenvalue weighted by Crippen LogP contribution is 2.35. The number of fused-ring (bicyclic) bond motifs is 1. The van der Waals surface area contributed by atoms with Gasteiger partial charge in [-0.1, -0.05) is 41.0 Å². The Kier molecular flexibility index (Phi) is 5.11. The summed E-state index contributed by atoms with van der Waals surface area (Å²) in [6.07, 6.45) is 1.84. The Balaban J connectivity index is 1.46. The van der Waals surface area contributed by atoms with Crippen LogP contribution < -0.4 is 4.72 Å². The minimum absolute atomic E-state index is 0.208. The molecule has 0 spiro atoms. The Bertz CT molecular complexity index is 1460. The van der Waals surface area contributed by atoms with Crippen LogP contribution in [0.15, 0.2) is 81.5 Å². The molecule has 0 amide bonds. The van der Waals surface area contributed by atoms with Gasteiger partial charge in [-0.25, -0.2) is 0 Å². The van der Waals surface area contributed by atoms with Crippen molar-refractivity contribution in [2.45, 2.75) is 24.5 Å². The van der Waals surface area contributed by atoms with E-state index in [0.717, 1.165) is 16.5 Å². The predicted molar refractivity (Wildman–Crippen MR) is 123 cm³/mol. The molecule has 0 saturated carbocycles. The van der Waals surface area contributed by atoms with E-state index in [0.29, 0.717) is 34.1 Å². The quantitative estimate of drug-likeness (QED) is 0.401. The van der Waals surface area contributed by atoms with Crippen molar-refractivity contribution in [3.8, 4) is 11.3 Å². The molecule has 4 aromatic rings. The Hall–Kier alpha value is -3.36. The zero-order valence-corrected chi connectivity index (χ0v) is 18.5. The van der Waals surface area contributed by atoms with Crippen LogP contribution in [0.3, 0.4) is 0 Å². The molecule has 1 aliphatic rings. The van der Waals surface area contributed by atoms with Gasteiger partial charge >= 0.3 is 0 Å². The van der Waals surface area contributed by atoms with E-state index in [4.69, 9.17) is 20.9 Å². The van der Waals surface area contributed by atoms with Gasteiger partial charge in [0.15, 0.2) is 6.10 Å². The average molecular weight is 468 g/mol. The van der Waals surface area contributed by atoms with Crippen molar-refractivity contribution in [1.29, 1.82) is 0 Å². The van der Waals surface area contributed by atoms with Crippen LogP contribution in [0.4, 0.5) is 5.69 Å². The summed E-state index contributed by atoms with van der Waals surface area (Å²) < 4.78 is 33.9. The Morgan fingerprint density at radius 2 is 1.94 bits per heavy atom. The lowest BCUT2D eigenvalue weighted by atomic mass is 10.0. The fourth-order valence-electron chi connectivity index (χ4n) is 3.61. The molecule has 5 rings (SSSR count). The number of anilines is 1. The Labute approximate surface area is 189 Å². The first-order valence-electron chi connectivity index (χ1n) is 9.86. The van der Waals surface area contributed by atoms with Crippen LogP contribution in [-0.4, -0.2) is 19.1 Å². The van der Waals surface area contributed by atoms with E-state index in [2.05, 4.69) is 14.9 Å². The first kappa shape index (κ1) is 20.5. The molecule has 0 aliphatic carbocycles. The van der Waals surface area contributed by atoms with Crippen LogP contribution in [0.2, 0.25) is 5.02 Å². The highest BCUT2D eigenvalue weighted by Gasteiger charge is 2.27. The molecule has 2 aromatic carbocycles. The van der Waals surface area contributed by atoms with Gasteiger partial charge in [0.25, 0.3) is 10.0 Å². The molecule has 1 aliphatic heterocycles. The zero-order valence-electron chi connectivity index (χ0n) is 16.9. The van der Waals surface area contributed by atoms with Crippen LogP contribution in [0.5, 0.6) is 0 Å². The molecule has 0 radical (unpaired) electrons. The van der Waals surface area contributed by atoms with E-state index in [9.17, 15) is 8.42 Å². The largest absolute Gasteiger partial charge is 0.444 e. The maximum atomic E-state index is 12.9. The number of nitrogens with one attached hydrogen (secondary N) is 1. The van der Waals surface area contributed by atoms with E-state index in [-0.39, 0.29) is 5.09 Å². The Morgan fingerprint density at radius 3 is 2.75 bits per heavy atom. The van der Waals surface area contributed by atoms with Gasteiger partial charge in [-0.2, -0.15) is 8.42 Å². The van der Waals surface area contributed by atoms with Crippen molar-refractivity contribution >= 4 is 43.8 Å². The number of sulfonamides is 1. The summed E-state index contributed by atoms with van der Waals surface area (Å²) >= 11 is 6.45. The van der Waals surface area contributed by atoms with E-state index >= 15 is 0 Å². The molecule has 1 atom stereocenters. The van der Waals surface area contributed by atoms with Gasteiger partial charge in [0.1, 0.15) is 5.76 Å². The first-order chi connectivity index (χ1) is 15.4. The molecule has 2 aromatic heterocycles. The van der Waals surface area contributed by atoms with E-state index in [1.165, 1.54) is 6.07 Å². The number of nitrogens with zero attached hydrogens (tertiary/aromatic N) is 2. The van der Waals surface area contributed by atoms with Crippen LogP contribution in [0.1, 0.15) is 25.2 Å². The van der Waals surface area contributed by atoms with Gasteiger partial charge in [-0.3, -0.25) is 9.71 Å². The van der Waals surface area contributed by atoms with E-state index in [1.807, 2.05) is 37.3 Å². The van der Waals surface area contributed by atoms with Gasteiger partial charge in [0, 0.05) is 29.3 Å². The number of halogens is 1. The van der Waals surface area contributed by atoms with Gasteiger partial charge in [0.05, 0.1) is 16.4 Å². The fourth-order valence-corrected chi connectivity index (χ4v) is 4.81. The van der Waals surface area contributed by atoms with Gasteiger partial charge < -0.3 is 9.25 Å². The summed E-state index contributed by atoms with van der Waals surface area (Å²) in [5, 5.41) is 6.06. The van der Waals surface area contributed by atoms with Crippen molar-refractivity contribution in [2.75, 3.05) is 4.72 Å². The molecule has 9 heteroatoms. The fraction of sp³-hybridized carbons (Fsp3) is 0.130. The zero-order chi connectivity index (χ0) is 22.3. The van der Waals surface area contributed by atoms with E-state index in [1.54, 1.807) is 30.5 Å². The molecular weight excluding hydrogens is 450 g/mol. The maximum Gasteiger partial charge on any atom is 0.295 e. The van der Waals surface area contributed by atoms with Crippen molar-refractivity contribution in [3.05, 3.63) is 77.6 Å². The number of furan rings is 1. The SMILES string of the molecule is CC1=NOC(c2ccc(S(=O)(=O)Nc3ccc(Cl)c(-c4nccc5ccccc45)c3)o2)C1. The van der Waals surface area contributed by atoms with Crippen LogP contribution in [-0.2, 0) is 14.9 Å². The average Bonchev–Trinajstić information content (AvgIpc) is 3.44. The molecule has 7 nitrogen and oxygen atoms in total. The highest BCUT2D eigenvalue weighted by atomic mass is 35.5. The number of hydrogen-bond acceptors (Lipinski definition) is 6. The second kappa shape index (κ2) is 7.96. The molecule has 0 bridgehead atoms. The Morgan fingerprint density at radius 1 is 1.09 bits per heavy atom. The third-order valence-corrected chi connectivity index (χ3v) is 6.73. The molecule has 32 heavy (non-hydrogen) atoms. The number of benzene rings is 2. The predicted octanol–water partition coefficient (Wildman–Crippen LogP) is 5.79. The third kappa shape index (κ3) is 3.83. The second-order valence-corrected chi connectivity index (χ2v) is 9.48. The van der Waals surface area contributed by atoms with Crippen molar-refractivity contribution < 1.29 is 17.7 Å². The molecule has 162 valence electrons. The topological polar surface area (TPSA) is 93.8 Å². The minimum Gasteiger partial charge on any atom is -0.444 e. The number of oxime groups is 1. The lowest BCUT2D eigenvalue weighted by Crippen LogP contribution is -2.12. The summed E-state index contributed by atoms with van der Waals surface area (Å²) in [6, 6.07) is 17.6. The van der Waals surface area contributed by atoms with Gasteiger partial charge in [-0.05, 0) is 48.7 Å². The van der Waals surface area contributed by atoms with Gasteiger partial charge in [0.2, 0.25) is 5.09 Å². The first-order valence-corrected chi connectivity index (χ1v) is 11.7. The molecule has 0 saturated heterocycles. The lowest BCUT2D eigenvalue weighted by Gasteiger charge is -2.11. The summed E-state index contributed by atoms with van der Waals surface area (Å²) in [7, 11) is -3.96. The molecule has 1 unspecified atom stereocenters. The van der Waals surface area contributed by atoms with Crippen molar-refractivity contribution in [3.63, 3.8) is 0 Å². The summed E-state index contributed by atoms with van der Waals surface area (Å²) in [5.41, 5.74) is 2.46. The normalized spacial score (nSPS) is 16.1. The van der Waals surface area contributed by atoms with Gasteiger partial charge in [-0.15, -0.1) is 0 Å². The minimum atomic E-state index is -3.96. The third-order valence-electron chi connectivity index (χ3n) is 5.15. The highest BCUT2D eigenvalue weighted by molar-refractivity contribution is 7.92. The number of pyridine rings is 1. The molecule has 3 heterocycles. The van der Waals surface area contributed by atoms with Crippen molar-refractivity contribution in [1.82, 2.24) is 4.98 Å².